The molecule has 0 aromatic carbocycles. The highest BCUT2D eigenvalue weighted by Crippen LogP contribution is 2.24. The van der Waals surface area contributed by atoms with Crippen LogP contribution in [-0.2, 0) is 4.79 Å². The van der Waals surface area contributed by atoms with Crippen LogP contribution in [0.25, 0.3) is 0 Å². The van der Waals surface area contributed by atoms with Gasteiger partial charge in [0.05, 0.1) is 6.04 Å². The minimum absolute atomic E-state index is 0.194. The van der Waals surface area contributed by atoms with Crippen molar-refractivity contribution < 1.29 is 4.79 Å². The quantitative estimate of drug-likeness (QED) is 0.767. The molecule has 1 heterocycles. The molecule has 0 saturated carbocycles. The number of rotatable bonds is 5. The summed E-state index contributed by atoms with van der Waals surface area (Å²) in [5.74, 6) is 0.837. The molecule has 3 heteroatoms. The van der Waals surface area contributed by atoms with Gasteiger partial charge in [-0.15, -0.1) is 11.3 Å². The van der Waals surface area contributed by atoms with Crippen LogP contribution in [0, 0.1) is 5.92 Å². The molecule has 1 atom stereocenters. The molecular formula is C13H21NOS. The number of hydrogen-bond donors (Lipinski definition) is 0. The van der Waals surface area contributed by atoms with Gasteiger partial charge < -0.3 is 4.90 Å². The molecule has 0 aliphatic heterocycles. The maximum Gasteiger partial charge on any atom is 0.222 e. The molecule has 2 nitrogen and oxygen atoms in total. The van der Waals surface area contributed by atoms with Gasteiger partial charge in [-0.3, -0.25) is 4.79 Å². The van der Waals surface area contributed by atoms with Gasteiger partial charge in [0, 0.05) is 18.3 Å². The fraction of sp³-hybridized carbons (Fsp3) is 0.615. The van der Waals surface area contributed by atoms with Crippen molar-refractivity contribution in [3.63, 3.8) is 0 Å². The topological polar surface area (TPSA) is 20.3 Å². The fourth-order valence-corrected chi connectivity index (χ4v) is 2.35. The molecule has 0 bridgehead atoms. The van der Waals surface area contributed by atoms with Crippen molar-refractivity contribution in [3.8, 4) is 0 Å². The summed E-state index contributed by atoms with van der Waals surface area (Å²) >= 11 is 1.71. The van der Waals surface area contributed by atoms with Crippen LogP contribution >= 0.6 is 11.3 Å². The van der Waals surface area contributed by atoms with Crippen LogP contribution in [0.15, 0.2) is 17.5 Å². The third-order valence-electron chi connectivity index (χ3n) is 2.86. The molecule has 1 unspecified atom stereocenters. The minimum atomic E-state index is 0.194. The van der Waals surface area contributed by atoms with E-state index in [2.05, 4.69) is 32.2 Å². The lowest BCUT2D eigenvalue weighted by atomic mass is 10.1. The predicted molar refractivity (Wildman–Crippen MR) is 69.6 cm³/mol. The molecule has 0 spiro atoms. The second kappa shape index (κ2) is 6.04. The average molecular weight is 239 g/mol. The van der Waals surface area contributed by atoms with E-state index in [0.29, 0.717) is 12.3 Å². The van der Waals surface area contributed by atoms with Crippen LogP contribution in [0.2, 0.25) is 0 Å². The van der Waals surface area contributed by atoms with Gasteiger partial charge in [-0.25, -0.2) is 0 Å². The molecule has 1 amide bonds. The Hall–Kier alpha value is -0.830. The highest BCUT2D eigenvalue weighted by Gasteiger charge is 2.17. The van der Waals surface area contributed by atoms with E-state index in [0.717, 1.165) is 6.42 Å². The number of thiophene rings is 1. The molecule has 16 heavy (non-hydrogen) atoms. The molecule has 0 aliphatic carbocycles. The smallest absolute Gasteiger partial charge is 0.222 e. The van der Waals surface area contributed by atoms with Gasteiger partial charge in [0.15, 0.2) is 0 Å². The zero-order valence-corrected chi connectivity index (χ0v) is 11.4. The first kappa shape index (κ1) is 13.2. The summed E-state index contributed by atoms with van der Waals surface area (Å²) in [6, 6.07) is 4.31. The largest absolute Gasteiger partial charge is 0.338 e. The van der Waals surface area contributed by atoms with Crippen molar-refractivity contribution in [2.24, 2.45) is 5.92 Å². The molecule has 1 rings (SSSR count). The summed E-state index contributed by atoms with van der Waals surface area (Å²) in [4.78, 5) is 15.0. The van der Waals surface area contributed by atoms with Crippen molar-refractivity contribution in [1.82, 2.24) is 4.90 Å². The molecule has 0 aliphatic rings. The second-order valence-corrected chi connectivity index (χ2v) is 5.61. The van der Waals surface area contributed by atoms with E-state index in [-0.39, 0.29) is 11.9 Å². The Morgan fingerprint density at radius 3 is 2.62 bits per heavy atom. The lowest BCUT2D eigenvalue weighted by Crippen LogP contribution is -2.29. The molecule has 0 radical (unpaired) electrons. The first-order valence-electron chi connectivity index (χ1n) is 5.81. The number of nitrogens with zero attached hydrogens (tertiary/aromatic N) is 1. The van der Waals surface area contributed by atoms with Crippen molar-refractivity contribution in [2.45, 2.75) is 39.7 Å². The van der Waals surface area contributed by atoms with Crippen LogP contribution < -0.4 is 0 Å². The Morgan fingerprint density at radius 2 is 2.12 bits per heavy atom. The van der Waals surface area contributed by atoms with Gasteiger partial charge in [0.25, 0.3) is 0 Å². The minimum Gasteiger partial charge on any atom is -0.338 e. The van der Waals surface area contributed by atoms with E-state index in [9.17, 15) is 4.79 Å². The highest BCUT2D eigenvalue weighted by atomic mass is 32.1. The van der Waals surface area contributed by atoms with Crippen LogP contribution in [-0.4, -0.2) is 17.9 Å². The zero-order valence-electron chi connectivity index (χ0n) is 10.6. The maximum absolute atomic E-state index is 11.9. The Kier molecular flexibility index (Phi) is 5.00. The van der Waals surface area contributed by atoms with Gasteiger partial charge >= 0.3 is 0 Å². The molecule has 0 saturated heterocycles. The number of carbonyl (C=O) groups excluding carboxylic acids is 1. The summed E-state index contributed by atoms with van der Waals surface area (Å²) in [7, 11) is 1.90. The summed E-state index contributed by atoms with van der Waals surface area (Å²) in [6.07, 6.45) is 1.63. The van der Waals surface area contributed by atoms with E-state index in [1.54, 1.807) is 11.3 Å². The maximum atomic E-state index is 11.9. The monoisotopic (exact) mass is 239 g/mol. The highest BCUT2D eigenvalue weighted by molar-refractivity contribution is 7.10. The summed E-state index contributed by atoms with van der Waals surface area (Å²) < 4.78 is 0. The van der Waals surface area contributed by atoms with Crippen molar-refractivity contribution >= 4 is 17.2 Å². The molecule has 90 valence electrons. The van der Waals surface area contributed by atoms with E-state index in [1.165, 1.54) is 4.88 Å². The third kappa shape index (κ3) is 3.63. The Bertz CT molecular complexity index is 319. The lowest BCUT2D eigenvalue weighted by molar-refractivity contribution is -0.132. The molecule has 0 fully saturated rings. The Morgan fingerprint density at radius 1 is 1.44 bits per heavy atom. The summed E-state index contributed by atoms with van der Waals surface area (Å²) in [5, 5.41) is 2.05. The van der Waals surface area contributed by atoms with Crippen molar-refractivity contribution in [1.29, 1.82) is 0 Å². The molecule has 0 N–H and O–H groups in total. The standard InChI is InChI=1S/C13H21NOS/c1-10(2)7-8-13(15)14(4)11(3)12-6-5-9-16-12/h5-6,9-11H,7-8H2,1-4H3. The van der Waals surface area contributed by atoms with Gasteiger partial charge in [0.1, 0.15) is 0 Å². The zero-order chi connectivity index (χ0) is 12.1. The lowest BCUT2D eigenvalue weighted by Gasteiger charge is -2.24. The molecule has 1 aromatic heterocycles. The molecular weight excluding hydrogens is 218 g/mol. The average Bonchev–Trinajstić information content (AvgIpc) is 2.77. The second-order valence-electron chi connectivity index (χ2n) is 4.63. The Balaban J connectivity index is 2.50. The number of hydrogen-bond acceptors (Lipinski definition) is 2. The van der Waals surface area contributed by atoms with Gasteiger partial charge in [-0.05, 0) is 30.7 Å². The Labute approximate surface area is 102 Å². The molecule has 1 aromatic rings. The third-order valence-corrected chi connectivity index (χ3v) is 3.91. The van der Waals surface area contributed by atoms with Crippen LogP contribution in [0.5, 0.6) is 0 Å². The summed E-state index contributed by atoms with van der Waals surface area (Å²) in [5.41, 5.74) is 0. The fourth-order valence-electron chi connectivity index (χ4n) is 1.52. The van der Waals surface area contributed by atoms with Gasteiger partial charge in [-0.2, -0.15) is 0 Å². The van der Waals surface area contributed by atoms with Crippen molar-refractivity contribution in [2.75, 3.05) is 7.05 Å². The van der Waals surface area contributed by atoms with Crippen LogP contribution in [0.4, 0.5) is 0 Å². The van der Waals surface area contributed by atoms with Crippen molar-refractivity contribution in [3.05, 3.63) is 22.4 Å². The van der Waals surface area contributed by atoms with E-state index in [4.69, 9.17) is 0 Å². The SMILES string of the molecule is CC(C)CCC(=O)N(C)C(C)c1cccs1. The van der Waals surface area contributed by atoms with E-state index in [1.807, 2.05) is 18.0 Å². The number of carbonyl (C=O) groups is 1. The first-order valence-corrected chi connectivity index (χ1v) is 6.69. The summed E-state index contributed by atoms with van der Waals surface area (Å²) in [6.45, 7) is 6.38. The van der Waals surface area contributed by atoms with Gasteiger partial charge in [-0.1, -0.05) is 19.9 Å². The normalized spacial score (nSPS) is 12.8. The number of amides is 1. The van der Waals surface area contributed by atoms with Gasteiger partial charge in [0.2, 0.25) is 5.91 Å². The first-order chi connectivity index (χ1) is 7.52. The predicted octanol–water partition coefficient (Wildman–Crippen LogP) is 3.70. The van der Waals surface area contributed by atoms with E-state index < -0.39 is 0 Å². The van der Waals surface area contributed by atoms with E-state index >= 15 is 0 Å². The van der Waals surface area contributed by atoms with Crippen LogP contribution in [0.3, 0.4) is 0 Å². The van der Waals surface area contributed by atoms with Crippen LogP contribution in [0.1, 0.15) is 44.5 Å².